The molecule has 3 aromatic heterocycles. The smallest absolute Gasteiger partial charge is 0.290 e. The second-order valence-electron chi connectivity index (χ2n) is 4.92. The quantitative estimate of drug-likeness (QED) is 0.647. The van der Waals surface area contributed by atoms with Gasteiger partial charge < -0.3 is 0 Å². The van der Waals surface area contributed by atoms with Crippen LogP contribution in [0.4, 0.5) is 13.2 Å². The van der Waals surface area contributed by atoms with Crippen LogP contribution in [0.3, 0.4) is 0 Å². The van der Waals surface area contributed by atoms with Crippen molar-refractivity contribution in [2.75, 3.05) is 5.75 Å². The maximum atomic E-state index is 12.8. The van der Waals surface area contributed by atoms with Gasteiger partial charge in [0.05, 0.1) is 0 Å². The summed E-state index contributed by atoms with van der Waals surface area (Å²) in [6.45, 7) is 5.73. The van der Waals surface area contributed by atoms with Gasteiger partial charge >= 0.3 is 6.18 Å². The predicted octanol–water partition coefficient (Wildman–Crippen LogP) is 4.57. The van der Waals surface area contributed by atoms with Crippen LogP contribution in [0, 0.1) is 0 Å². The van der Waals surface area contributed by atoms with E-state index >= 15 is 0 Å². The first-order valence-electron chi connectivity index (χ1n) is 7.10. The Hall–Kier alpha value is -2.35. The van der Waals surface area contributed by atoms with Gasteiger partial charge in [0.2, 0.25) is 0 Å². The average molecular weight is 350 g/mol. The highest BCUT2D eigenvalue weighted by atomic mass is 32.2. The molecule has 0 saturated carbocycles. The first-order valence-corrected chi connectivity index (χ1v) is 8.08. The van der Waals surface area contributed by atoms with Crippen molar-refractivity contribution in [3.05, 3.63) is 48.7 Å². The summed E-state index contributed by atoms with van der Waals surface area (Å²) < 4.78 is 39.8. The molecule has 24 heavy (non-hydrogen) atoms. The number of rotatable bonds is 4. The number of halogens is 3. The Morgan fingerprint density at radius 3 is 2.75 bits per heavy atom. The standard InChI is InChI=1S/C16H13F3N4S/c1-3-10-5-12(24-4-2)15(20-7-10)11-8-23-9-21-13(16(17,18)19)6-14(23)22-11/h3,5-9H,1,4H2,2H3. The van der Waals surface area contributed by atoms with Crippen molar-refractivity contribution in [1.82, 2.24) is 19.4 Å². The molecule has 0 N–H and O–H groups in total. The van der Waals surface area contributed by atoms with Crippen molar-refractivity contribution in [3.8, 4) is 11.4 Å². The SMILES string of the molecule is C=Cc1cnc(-c2cn3cnc(C(F)(F)F)cc3n2)c(SCC)c1. The Bertz CT molecular complexity index is 902. The van der Waals surface area contributed by atoms with Crippen molar-refractivity contribution < 1.29 is 13.2 Å². The lowest BCUT2D eigenvalue weighted by Gasteiger charge is -2.06. The summed E-state index contributed by atoms with van der Waals surface area (Å²) in [6, 6.07) is 2.86. The van der Waals surface area contributed by atoms with Gasteiger partial charge in [0.15, 0.2) is 0 Å². The van der Waals surface area contributed by atoms with Crippen LogP contribution >= 0.6 is 11.8 Å². The number of hydrogen-bond acceptors (Lipinski definition) is 4. The molecule has 0 aliphatic carbocycles. The van der Waals surface area contributed by atoms with Gasteiger partial charge in [0.25, 0.3) is 0 Å². The van der Waals surface area contributed by atoms with E-state index in [1.54, 1.807) is 30.2 Å². The summed E-state index contributed by atoms with van der Waals surface area (Å²) in [7, 11) is 0. The van der Waals surface area contributed by atoms with Crippen molar-refractivity contribution in [3.63, 3.8) is 0 Å². The van der Waals surface area contributed by atoms with Crippen molar-refractivity contribution in [2.45, 2.75) is 18.0 Å². The number of pyridine rings is 1. The molecular formula is C16H13F3N4S. The number of aromatic nitrogens is 4. The maximum absolute atomic E-state index is 12.8. The van der Waals surface area contributed by atoms with E-state index in [0.29, 0.717) is 11.4 Å². The minimum absolute atomic E-state index is 0.175. The molecule has 124 valence electrons. The molecule has 3 heterocycles. The number of alkyl halides is 3. The van der Waals surface area contributed by atoms with Gasteiger partial charge in [-0.3, -0.25) is 9.38 Å². The van der Waals surface area contributed by atoms with Crippen LogP contribution in [0.2, 0.25) is 0 Å². The van der Waals surface area contributed by atoms with E-state index < -0.39 is 11.9 Å². The monoisotopic (exact) mass is 350 g/mol. The maximum Gasteiger partial charge on any atom is 0.433 e. The summed E-state index contributed by atoms with van der Waals surface area (Å²) >= 11 is 1.59. The largest absolute Gasteiger partial charge is 0.433 e. The molecule has 0 unspecified atom stereocenters. The van der Waals surface area contributed by atoms with Crippen molar-refractivity contribution >= 4 is 23.5 Å². The summed E-state index contributed by atoms with van der Waals surface area (Å²) in [5, 5.41) is 0. The molecule has 0 radical (unpaired) electrons. The van der Waals surface area contributed by atoms with Gasteiger partial charge in [-0.2, -0.15) is 13.2 Å². The van der Waals surface area contributed by atoms with Gasteiger partial charge in [-0.25, -0.2) is 9.97 Å². The zero-order valence-corrected chi connectivity index (χ0v) is 13.5. The Balaban J connectivity index is 2.11. The molecule has 0 aromatic carbocycles. The van der Waals surface area contributed by atoms with Gasteiger partial charge in [0.1, 0.15) is 29.1 Å². The Morgan fingerprint density at radius 2 is 2.08 bits per heavy atom. The fraction of sp³-hybridized carbons (Fsp3) is 0.188. The van der Waals surface area contributed by atoms with Gasteiger partial charge in [-0.1, -0.05) is 19.6 Å². The fourth-order valence-electron chi connectivity index (χ4n) is 2.19. The van der Waals surface area contributed by atoms with Gasteiger partial charge in [0, 0.05) is 23.4 Å². The van der Waals surface area contributed by atoms with E-state index in [9.17, 15) is 13.2 Å². The summed E-state index contributed by atoms with van der Waals surface area (Å²) in [6.07, 6.45) is 1.59. The zero-order valence-electron chi connectivity index (χ0n) is 12.7. The molecule has 0 aliphatic rings. The summed E-state index contributed by atoms with van der Waals surface area (Å²) in [4.78, 5) is 13.0. The third-order valence-electron chi connectivity index (χ3n) is 3.29. The number of nitrogens with zero attached hydrogens (tertiary/aromatic N) is 4. The Labute approximate surface area is 140 Å². The van der Waals surface area contributed by atoms with Crippen LogP contribution in [0.25, 0.3) is 23.1 Å². The molecule has 0 aliphatic heterocycles. The third kappa shape index (κ3) is 3.14. The predicted molar refractivity (Wildman–Crippen MR) is 87.7 cm³/mol. The highest BCUT2D eigenvalue weighted by Gasteiger charge is 2.33. The van der Waals surface area contributed by atoms with Crippen LogP contribution in [0.15, 0.2) is 42.3 Å². The zero-order chi connectivity index (χ0) is 17.3. The second kappa shape index (κ2) is 6.27. The summed E-state index contributed by atoms with van der Waals surface area (Å²) in [5.41, 5.74) is 1.21. The van der Waals surface area contributed by atoms with Crippen LogP contribution in [0.5, 0.6) is 0 Å². The van der Waals surface area contributed by atoms with Crippen LogP contribution in [-0.4, -0.2) is 25.1 Å². The van der Waals surface area contributed by atoms with Crippen molar-refractivity contribution in [1.29, 1.82) is 0 Å². The van der Waals surface area contributed by atoms with Gasteiger partial charge in [-0.05, 0) is 17.4 Å². The number of thioether (sulfide) groups is 1. The molecule has 0 fully saturated rings. The number of hydrogen-bond donors (Lipinski definition) is 0. The Morgan fingerprint density at radius 1 is 1.29 bits per heavy atom. The Kier molecular flexibility index (Phi) is 4.31. The lowest BCUT2D eigenvalue weighted by molar-refractivity contribution is -0.141. The minimum Gasteiger partial charge on any atom is -0.290 e. The summed E-state index contributed by atoms with van der Waals surface area (Å²) in [5.74, 6) is 0.836. The minimum atomic E-state index is -4.50. The molecule has 0 atom stereocenters. The van der Waals surface area contributed by atoms with E-state index in [1.807, 2.05) is 13.0 Å². The molecular weight excluding hydrogens is 337 g/mol. The number of imidazole rings is 1. The topological polar surface area (TPSA) is 43.1 Å². The molecule has 4 nitrogen and oxygen atoms in total. The molecule has 3 rings (SSSR count). The fourth-order valence-corrected chi connectivity index (χ4v) is 3.01. The second-order valence-corrected chi connectivity index (χ2v) is 6.22. The average Bonchev–Trinajstić information content (AvgIpc) is 2.97. The van der Waals surface area contributed by atoms with E-state index in [-0.39, 0.29) is 5.65 Å². The number of fused-ring (bicyclic) bond motifs is 1. The molecule has 0 amide bonds. The van der Waals surface area contributed by atoms with Crippen LogP contribution < -0.4 is 0 Å². The van der Waals surface area contributed by atoms with E-state index in [1.165, 1.54) is 4.40 Å². The van der Waals surface area contributed by atoms with Gasteiger partial charge in [-0.15, -0.1) is 11.8 Å². The molecule has 0 bridgehead atoms. The van der Waals surface area contributed by atoms with Crippen LogP contribution in [0.1, 0.15) is 18.2 Å². The normalized spacial score (nSPS) is 11.8. The highest BCUT2D eigenvalue weighted by Crippen LogP contribution is 2.32. The van der Waals surface area contributed by atoms with Crippen LogP contribution in [-0.2, 0) is 6.18 Å². The molecule has 3 aromatic rings. The molecule has 0 saturated heterocycles. The van der Waals surface area contributed by atoms with E-state index in [2.05, 4.69) is 21.5 Å². The third-order valence-corrected chi connectivity index (χ3v) is 4.20. The molecule has 0 spiro atoms. The molecule has 8 heteroatoms. The van der Waals surface area contributed by atoms with Crippen molar-refractivity contribution in [2.24, 2.45) is 0 Å². The highest BCUT2D eigenvalue weighted by molar-refractivity contribution is 7.99. The van der Waals surface area contributed by atoms with E-state index in [0.717, 1.165) is 28.6 Å². The first kappa shape index (κ1) is 16.5. The lowest BCUT2D eigenvalue weighted by Crippen LogP contribution is -2.08. The lowest BCUT2D eigenvalue weighted by atomic mass is 10.2. The first-order chi connectivity index (χ1) is 11.4. The van der Waals surface area contributed by atoms with E-state index in [4.69, 9.17) is 0 Å².